The van der Waals surface area contributed by atoms with Crippen molar-refractivity contribution >= 4 is 21.4 Å². The summed E-state index contributed by atoms with van der Waals surface area (Å²) in [5, 5.41) is 0. The molecule has 0 N–H and O–H groups in total. The van der Waals surface area contributed by atoms with Crippen LogP contribution in [0.4, 0.5) is 5.69 Å². The molecule has 24 heavy (non-hydrogen) atoms. The monoisotopic (exact) mass is 350 g/mol. The van der Waals surface area contributed by atoms with Crippen LogP contribution in [-0.2, 0) is 21.1 Å². The average molecular weight is 350 g/mol. The van der Waals surface area contributed by atoms with Crippen LogP contribution in [0, 0.1) is 0 Å². The minimum absolute atomic E-state index is 0.00806. The van der Waals surface area contributed by atoms with Crippen LogP contribution in [0.1, 0.15) is 32.3 Å². The van der Waals surface area contributed by atoms with E-state index in [2.05, 4.69) is 18.7 Å². The Labute approximate surface area is 144 Å². The van der Waals surface area contributed by atoms with E-state index in [1.165, 1.54) is 5.56 Å². The number of anilines is 1. The molecule has 5 nitrogen and oxygen atoms in total. The molecule has 2 heterocycles. The summed E-state index contributed by atoms with van der Waals surface area (Å²) in [5.41, 5.74) is 2.03. The predicted molar refractivity (Wildman–Crippen MR) is 96.0 cm³/mol. The van der Waals surface area contributed by atoms with Crippen LogP contribution in [0.2, 0.25) is 0 Å². The van der Waals surface area contributed by atoms with Crippen molar-refractivity contribution in [2.45, 2.75) is 45.2 Å². The van der Waals surface area contributed by atoms with Crippen molar-refractivity contribution in [1.29, 1.82) is 0 Å². The van der Waals surface area contributed by atoms with E-state index in [-0.39, 0.29) is 29.5 Å². The second kappa shape index (κ2) is 6.84. The van der Waals surface area contributed by atoms with Gasteiger partial charge in [-0.05, 0) is 37.1 Å². The number of amides is 1. The van der Waals surface area contributed by atoms with Gasteiger partial charge in [-0.15, -0.1) is 0 Å². The zero-order valence-electron chi connectivity index (χ0n) is 14.4. The van der Waals surface area contributed by atoms with Crippen LogP contribution in [-0.4, -0.2) is 55.9 Å². The molecule has 0 bridgehead atoms. The van der Waals surface area contributed by atoms with Crippen LogP contribution < -0.4 is 4.90 Å². The minimum Gasteiger partial charge on any atom is -0.306 e. The summed E-state index contributed by atoms with van der Waals surface area (Å²) < 4.78 is 24.5. The van der Waals surface area contributed by atoms with Crippen molar-refractivity contribution in [2.24, 2.45) is 0 Å². The lowest BCUT2D eigenvalue weighted by atomic mass is 10.0. The zero-order chi connectivity index (χ0) is 17.3. The molecule has 0 saturated carbocycles. The molecule has 132 valence electrons. The molecule has 0 aliphatic carbocycles. The molecule has 2 aliphatic heterocycles. The zero-order valence-corrected chi connectivity index (χ0v) is 15.3. The van der Waals surface area contributed by atoms with E-state index in [1.54, 1.807) is 4.90 Å². The fourth-order valence-corrected chi connectivity index (χ4v) is 5.77. The lowest BCUT2D eigenvalue weighted by Gasteiger charge is -2.43. The Balaban J connectivity index is 1.91. The molecule has 3 rings (SSSR count). The van der Waals surface area contributed by atoms with E-state index in [0.29, 0.717) is 6.54 Å². The first-order valence-electron chi connectivity index (χ1n) is 8.80. The fourth-order valence-electron chi connectivity index (χ4n) is 3.79. The molecule has 2 saturated heterocycles. The number of aryl methyl sites for hydroxylation is 1. The number of piperazine rings is 1. The maximum atomic E-state index is 12.8. The Morgan fingerprint density at radius 3 is 2.38 bits per heavy atom. The predicted octanol–water partition coefficient (Wildman–Crippen LogP) is 1.86. The van der Waals surface area contributed by atoms with Gasteiger partial charge < -0.3 is 4.90 Å². The van der Waals surface area contributed by atoms with Gasteiger partial charge >= 0.3 is 0 Å². The third-order valence-corrected chi connectivity index (χ3v) is 6.82. The summed E-state index contributed by atoms with van der Waals surface area (Å²) in [6.45, 7) is 5.30. The number of rotatable bonds is 5. The van der Waals surface area contributed by atoms with E-state index in [1.807, 2.05) is 24.3 Å². The number of hydrogen-bond acceptors (Lipinski definition) is 4. The third kappa shape index (κ3) is 3.35. The topological polar surface area (TPSA) is 57.7 Å². The van der Waals surface area contributed by atoms with Gasteiger partial charge in [0.1, 0.15) is 0 Å². The van der Waals surface area contributed by atoms with Crippen LogP contribution in [0.3, 0.4) is 0 Å². The van der Waals surface area contributed by atoms with Gasteiger partial charge in [0.2, 0.25) is 5.91 Å². The summed E-state index contributed by atoms with van der Waals surface area (Å²) >= 11 is 0. The van der Waals surface area contributed by atoms with E-state index >= 15 is 0 Å². The summed E-state index contributed by atoms with van der Waals surface area (Å²) in [7, 11) is -3.10. The van der Waals surface area contributed by atoms with Gasteiger partial charge in [-0.1, -0.05) is 32.4 Å². The molecule has 6 heteroatoms. The third-order valence-electron chi connectivity index (χ3n) is 5.12. The first kappa shape index (κ1) is 17.4. The van der Waals surface area contributed by atoms with E-state index in [0.717, 1.165) is 31.5 Å². The summed E-state index contributed by atoms with van der Waals surface area (Å²) in [6.07, 6.45) is 2.97. The van der Waals surface area contributed by atoms with Gasteiger partial charge in [0.15, 0.2) is 9.84 Å². The number of hydrogen-bond donors (Lipinski definition) is 0. The highest BCUT2D eigenvalue weighted by Crippen LogP contribution is 2.32. The average Bonchev–Trinajstić information content (AvgIpc) is 2.88. The Bertz CT molecular complexity index is 699. The van der Waals surface area contributed by atoms with Crippen LogP contribution in [0.25, 0.3) is 0 Å². The highest BCUT2D eigenvalue weighted by atomic mass is 32.2. The maximum absolute atomic E-state index is 12.8. The quantitative estimate of drug-likeness (QED) is 0.813. The molecule has 1 aromatic carbocycles. The molecular formula is C18H26N2O3S. The van der Waals surface area contributed by atoms with Crippen molar-refractivity contribution in [1.82, 2.24) is 4.90 Å². The van der Waals surface area contributed by atoms with E-state index in [4.69, 9.17) is 0 Å². The first-order chi connectivity index (χ1) is 11.4. The van der Waals surface area contributed by atoms with Crippen molar-refractivity contribution in [3.63, 3.8) is 0 Å². The maximum Gasteiger partial charge on any atom is 0.241 e. The molecule has 0 spiro atoms. The molecule has 1 amide bonds. The molecule has 2 aliphatic rings. The smallest absolute Gasteiger partial charge is 0.241 e. The standard InChI is InChI=1S/C18H26N2O3S/c1-3-5-10-19-11-18(21)20(15-8-6-14(4-2)7-9-15)17-13-24(22,23)12-16(17)19/h6-9,16-17H,3-5,10-13H2,1-2H3. The van der Waals surface area contributed by atoms with Gasteiger partial charge in [-0.25, -0.2) is 8.42 Å². The molecule has 0 aromatic heterocycles. The van der Waals surface area contributed by atoms with Crippen LogP contribution >= 0.6 is 0 Å². The van der Waals surface area contributed by atoms with E-state index < -0.39 is 9.84 Å². The Kier molecular flexibility index (Phi) is 4.97. The molecule has 2 fully saturated rings. The molecular weight excluding hydrogens is 324 g/mol. The number of sulfone groups is 1. The highest BCUT2D eigenvalue weighted by Gasteiger charge is 2.49. The van der Waals surface area contributed by atoms with Crippen molar-refractivity contribution in [3.8, 4) is 0 Å². The summed E-state index contributed by atoms with van der Waals surface area (Å²) in [5.74, 6) is 0.244. The van der Waals surface area contributed by atoms with Crippen molar-refractivity contribution < 1.29 is 13.2 Å². The molecule has 2 atom stereocenters. The number of fused-ring (bicyclic) bond motifs is 1. The largest absolute Gasteiger partial charge is 0.306 e. The fraction of sp³-hybridized carbons (Fsp3) is 0.611. The van der Waals surface area contributed by atoms with Gasteiger partial charge in [-0.3, -0.25) is 9.69 Å². The van der Waals surface area contributed by atoms with Crippen LogP contribution in [0.5, 0.6) is 0 Å². The first-order valence-corrected chi connectivity index (χ1v) is 10.6. The number of carbonyl (C=O) groups is 1. The second-order valence-corrected chi connectivity index (χ2v) is 8.97. The number of nitrogens with zero attached hydrogens (tertiary/aromatic N) is 2. The SMILES string of the molecule is CCCCN1CC(=O)N(c2ccc(CC)cc2)C2CS(=O)(=O)CC21. The van der Waals surface area contributed by atoms with Crippen molar-refractivity contribution in [2.75, 3.05) is 29.5 Å². The number of carbonyl (C=O) groups excluding carboxylic acids is 1. The van der Waals surface area contributed by atoms with Crippen molar-refractivity contribution in [3.05, 3.63) is 29.8 Å². The second-order valence-electron chi connectivity index (χ2n) is 6.82. The number of benzene rings is 1. The number of unbranched alkanes of at least 4 members (excludes halogenated alkanes) is 1. The lowest BCUT2D eigenvalue weighted by Crippen LogP contribution is -2.62. The van der Waals surface area contributed by atoms with Gasteiger partial charge in [0, 0.05) is 11.7 Å². The van der Waals surface area contributed by atoms with Gasteiger partial charge in [-0.2, -0.15) is 0 Å². The Hall–Kier alpha value is -1.40. The normalized spacial score (nSPS) is 26.6. The minimum atomic E-state index is -3.10. The highest BCUT2D eigenvalue weighted by molar-refractivity contribution is 7.91. The Morgan fingerprint density at radius 2 is 1.75 bits per heavy atom. The summed E-state index contributed by atoms with van der Waals surface area (Å²) in [6, 6.07) is 7.58. The molecule has 1 aromatic rings. The molecule has 0 radical (unpaired) electrons. The van der Waals surface area contributed by atoms with E-state index in [9.17, 15) is 13.2 Å². The Morgan fingerprint density at radius 1 is 1.08 bits per heavy atom. The molecule has 2 unspecified atom stereocenters. The lowest BCUT2D eigenvalue weighted by molar-refractivity contribution is -0.123. The van der Waals surface area contributed by atoms with Crippen LogP contribution in [0.15, 0.2) is 24.3 Å². The van der Waals surface area contributed by atoms with Gasteiger partial charge in [0.25, 0.3) is 0 Å². The van der Waals surface area contributed by atoms with Gasteiger partial charge in [0.05, 0.1) is 24.1 Å². The summed E-state index contributed by atoms with van der Waals surface area (Å²) in [4.78, 5) is 16.6.